The van der Waals surface area contributed by atoms with Crippen LogP contribution in [-0.2, 0) is 0 Å². The molecular weight excluding hydrogens is 292 g/mol. The lowest BCUT2D eigenvalue weighted by molar-refractivity contribution is 0.0535. The molecule has 8 nitrogen and oxygen atoms in total. The number of aryl methyl sites for hydroxylation is 1. The van der Waals surface area contributed by atoms with Gasteiger partial charge in [0.2, 0.25) is 0 Å². The van der Waals surface area contributed by atoms with Gasteiger partial charge in [0.05, 0.1) is 11.2 Å². The van der Waals surface area contributed by atoms with Gasteiger partial charge in [-0.3, -0.25) is 9.69 Å². The molecule has 1 aromatic rings. The number of amidine groups is 1. The number of hydrogen-bond acceptors (Lipinski definition) is 7. The molecule has 2 rings (SSSR count). The number of piperazine rings is 1. The zero-order valence-electron chi connectivity index (χ0n) is 12.4. The van der Waals surface area contributed by atoms with Crippen molar-refractivity contribution in [2.45, 2.75) is 26.3 Å². The Hall–Kier alpha value is -1.74. The van der Waals surface area contributed by atoms with Crippen molar-refractivity contribution in [2.24, 2.45) is 10.9 Å². The summed E-state index contributed by atoms with van der Waals surface area (Å²) in [6, 6.07) is 0. The van der Waals surface area contributed by atoms with Gasteiger partial charge in [-0.1, -0.05) is 9.64 Å². The van der Waals surface area contributed by atoms with E-state index in [4.69, 9.17) is 10.9 Å². The summed E-state index contributed by atoms with van der Waals surface area (Å²) < 4.78 is 3.80. The third-order valence-electron chi connectivity index (χ3n) is 3.94. The van der Waals surface area contributed by atoms with Gasteiger partial charge >= 0.3 is 0 Å². The van der Waals surface area contributed by atoms with E-state index in [0.29, 0.717) is 36.8 Å². The van der Waals surface area contributed by atoms with E-state index in [0.717, 1.165) is 11.5 Å². The van der Waals surface area contributed by atoms with E-state index >= 15 is 0 Å². The van der Waals surface area contributed by atoms with Crippen LogP contribution >= 0.6 is 11.5 Å². The third-order valence-corrected chi connectivity index (χ3v) is 4.75. The van der Waals surface area contributed by atoms with E-state index in [2.05, 4.69) is 19.6 Å². The second-order valence-corrected chi connectivity index (χ2v) is 6.27. The first-order valence-electron chi connectivity index (χ1n) is 6.69. The molecule has 1 amide bonds. The minimum atomic E-state index is -0.536. The maximum Gasteiger partial charge on any atom is 0.267 e. The molecule has 2 heterocycles. The molecule has 0 saturated carbocycles. The first kappa shape index (κ1) is 15.6. The van der Waals surface area contributed by atoms with Crippen LogP contribution < -0.4 is 5.73 Å². The van der Waals surface area contributed by atoms with Crippen LogP contribution in [0.1, 0.15) is 29.2 Å². The van der Waals surface area contributed by atoms with Gasteiger partial charge in [-0.25, -0.2) is 0 Å². The Morgan fingerprint density at radius 3 is 2.48 bits per heavy atom. The molecule has 1 aliphatic heterocycles. The predicted octanol–water partition coefficient (Wildman–Crippen LogP) is 0.129. The molecule has 9 heteroatoms. The van der Waals surface area contributed by atoms with Crippen LogP contribution in [0, 0.1) is 6.92 Å². The van der Waals surface area contributed by atoms with E-state index < -0.39 is 5.54 Å². The average Bonchev–Trinajstić information content (AvgIpc) is 2.91. The summed E-state index contributed by atoms with van der Waals surface area (Å²) in [4.78, 5) is 16.9. The number of carbonyl (C=O) groups is 1. The molecule has 0 atom stereocenters. The topological polar surface area (TPSA) is 108 Å². The number of nitrogens with two attached hydrogens (primary N) is 1. The van der Waals surface area contributed by atoms with Gasteiger partial charge in [-0.15, -0.1) is 5.10 Å². The van der Waals surface area contributed by atoms with Crippen molar-refractivity contribution in [1.82, 2.24) is 19.4 Å². The number of hydrogen-bond donors (Lipinski definition) is 2. The van der Waals surface area contributed by atoms with Crippen molar-refractivity contribution < 1.29 is 10.0 Å². The molecule has 0 spiro atoms. The quantitative estimate of drug-likeness (QED) is 0.355. The first-order chi connectivity index (χ1) is 9.87. The Bertz CT molecular complexity index is 548. The van der Waals surface area contributed by atoms with Gasteiger partial charge in [0, 0.05) is 26.2 Å². The summed E-state index contributed by atoms with van der Waals surface area (Å²) in [5.41, 5.74) is 5.87. The molecule has 0 aliphatic carbocycles. The molecule has 21 heavy (non-hydrogen) atoms. The van der Waals surface area contributed by atoms with Gasteiger partial charge < -0.3 is 15.8 Å². The highest BCUT2D eigenvalue weighted by Crippen LogP contribution is 2.19. The van der Waals surface area contributed by atoms with Crippen LogP contribution in [0.5, 0.6) is 0 Å². The number of amides is 1. The number of rotatable bonds is 3. The van der Waals surface area contributed by atoms with Crippen molar-refractivity contribution in [3.63, 3.8) is 0 Å². The van der Waals surface area contributed by atoms with Crippen LogP contribution in [0.4, 0.5) is 0 Å². The second-order valence-electron chi connectivity index (χ2n) is 5.51. The van der Waals surface area contributed by atoms with E-state index in [9.17, 15) is 4.79 Å². The average molecular weight is 312 g/mol. The van der Waals surface area contributed by atoms with Crippen LogP contribution in [0.3, 0.4) is 0 Å². The van der Waals surface area contributed by atoms with E-state index in [-0.39, 0.29) is 11.7 Å². The molecule has 116 valence electrons. The Morgan fingerprint density at radius 1 is 1.38 bits per heavy atom. The molecular formula is C12H20N6O2S. The maximum absolute atomic E-state index is 12.4. The fraction of sp³-hybridized carbons (Fsp3) is 0.667. The largest absolute Gasteiger partial charge is 0.409 e. The summed E-state index contributed by atoms with van der Waals surface area (Å²) in [7, 11) is 0. The maximum atomic E-state index is 12.4. The van der Waals surface area contributed by atoms with Crippen LogP contribution in [0.15, 0.2) is 5.16 Å². The molecule has 1 aliphatic rings. The lowest BCUT2D eigenvalue weighted by Crippen LogP contribution is -2.60. The predicted molar refractivity (Wildman–Crippen MR) is 79.6 cm³/mol. The van der Waals surface area contributed by atoms with E-state index in [1.54, 1.807) is 11.8 Å². The van der Waals surface area contributed by atoms with E-state index in [1.807, 2.05) is 13.8 Å². The SMILES string of the molecule is Cc1nnsc1C(=O)N1CCN(C(C)(C)C(N)=NO)CC1. The van der Waals surface area contributed by atoms with Crippen LogP contribution in [0.2, 0.25) is 0 Å². The number of carbonyl (C=O) groups excluding carboxylic acids is 1. The zero-order valence-corrected chi connectivity index (χ0v) is 13.2. The molecule has 1 saturated heterocycles. The summed E-state index contributed by atoms with van der Waals surface area (Å²) in [6.07, 6.45) is 0. The lowest BCUT2D eigenvalue weighted by atomic mass is 10.00. The molecule has 1 fully saturated rings. The Labute approximate surface area is 127 Å². The highest BCUT2D eigenvalue weighted by molar-refractivity contribution is 7.07. The summed E-state index contributed by atoms with van der Waals surface area (Å²) in [5, 5.41) is 15.8. The minimum absolute atomic E-state index is 0.0243. The molecule has 0 radical (unpaired) electrons. The Morgan fingerprint density at radius 2 is 2.00 bits per heavy atom. The van der Waals surface area contributed by atoms with Gasteiger partial charge in [-0.2, -0.15) is 0 Å². The van der Waals surface area contributed by atoms with Gasteiger partial charge in [0.15, 0.2) is 5.84 Å². The minimum Gasteiger partial charge on any atom is -0.409 e. The number of aromatic nitrogens is 2. The fourth-order valence-electron chi connectivity index (χ4n) is 2.32. The summed E-state index contributed by atoms with van der Waals surface area (Å²) >= 11 is 1.13. The number of oxime groups is 1. The van der Waals surface area contributed by atoms with Gasteiger partial charge in [0.1, 0.15) is 4.88 Å². The Balaban J connectivity index is 2.01. The Kier molecular flexibility index (Phi) is 4.43. The van der Waals surface area contributed by atoms with Crippen molar-refractivity contribution in [2.75, 3.05) is 26.2 Å². The summed E-state index contributed by atoms with van der Waals surface area (Å²) in [6.45, 7) is 8.11. The first-order valence-corrected chi connectivity index (χ1v) is 7.46. The van der Waals surface area contributed by atoms with Crippen molar-refractivity contribution in [3.8, 4) is 0 Å². The van der Waals surface area contributed by atoms with Crippen molar-refractivity contribution in [1.29, 1.82) is 0 Å². The standard InChI is InChI=1S/C12H20N6O2S/c1-8-9(21-16-14-8)10(19)17-4-6-18(7-5-17)12(2,3)11(13)15-20/h20H,4-7H2,1-3H3,(H2,13,15). The fourth-order valence-corrected chi connectivity index (χ4v) is 2.95. The number of nitrogens with zero attached hydrogens (tertiary/aromatic N) is 5. The van der Waals surface area contributed by atoms with Crippen molar-refractivity contribution >= 4 is 23.3 Å². The van der Waals surface area contributed by atoms with Crippen molar-refractivity contribution in [3.05, 3.63) is 10.6 Å². The lowest BCUT2D eigenvalue weighted by Gasteiger charge is -2.43. The summed E-state index contributed by atoms with van der Waals surface area (Å²) in [5.74, 6) is 0.147. The highest BCUT2D eigenvalue weighted by atomic mass is 32.1. The molecule has 0 bridgehead atoms. The molecule has 1 aromatic heterocycles. The molecule has 0 unspecified atom stereocenters. The van der Waals surface area contributed by atoms with Crippen LogP contribution in [-0.4, -0.2) is 68.1 Å². The smallest absolute Gasteiger partial charge is 0.267 e. The zero-order chi connectivity index (χ0) is 15.6. The molecule has 3 N–H and O–H groups in total. The van der Waals surface area contributed by atoms with Gasteiger partial charge in [-0.05, 0) is 32.3 Å². The second kappa shape index (κ2) is 5.94. The normalized spacial score (nSPS) is 18.0. The monoisotopic (exact) mass is 312 g/mol. The molecule has 0 aromatic carbocycles. The highest BCUT2D eigenvalue weighted by Gasteiger charge is 2.35. The van der Waals surface area contributed by atoms with Gasteiger partial charge in [0.25, 0.3) is 5.91 Å². The van der Waals surface area contributed by atoms with E-state index in [1.165, 1.54) is 0 Å². The van der Waals surface area contributed by atoms with Crippen LogP contribution in [0.25, 0.3) is 0 Å². The third kappa shape index (κ3) is 2.98.